The van der Waals surface area contributed by atoms with Crippen molar-refractivity contribution >= 4 is 17.7 Å². The maximum absolute atomic E-state index is 12.5. The number of halogens is 2. The number of aliphatic imine (C=N–C) groups is 1. The predicted molar refractivity (Wildman–Crippen MR) is 90.8 cm³/mol. The molecule has 0 fully saturated rings. The van der Waals surface area contributed by atoms with Gasteiger partial charge in [-0.1, -0.05) is 0 Å². The van der Waals surface area contributed by atoms with E-state index in [1.54, 1.807) is 30.9 Å². The van der Waals surface area contributed by atoms with Crippen LogP contribution in [0.15, 0.2) is 23.2 Å². The highest BCUT2D eigenvalue weighted by Crippen LogP contribution is 2.25. The van der Waals surface area contributed by atoms with Gasteiger partial charge in [0.2, 0.25) is 0 Å². The van der Waals surface area contributed by atoms with E-state index in [4.69, 9.17) is 4.74 Å². The Morgan fingerprint density at radius 1 is 1.35 bits per heavy atom. The van der Waals surface area contributed by atoms with Gasteiger partial charge in [0.1, 0.15) is 11.5 Å². The van der Waals surface area contributed by atoms with Gasteiger partial charge in [-0.2, -0.15) is 20.5 Å². The zero-order valence-electron chi connectivity index (χ0n) is 13.6. The molecular weight excluding hydrogens is 324 g/mol. The first-order valence-electron chi connectivity index (χ1n) is 7.16. The summed E-state index contributed by atoms with van der Waals surface area (Å²) in [6, 6.07) is 4.71. The number of rotatable bonds is 9. The molecule has 2 N–H and O–H groups in total. The number of guanidine groups is 1. The van der Waals surface area contributed by atoms with Crippen molar-refractivity contribution in [2.24, 2.45) is 4.99 Å². The normalized spacial score (nSPS) is 11.5. The average molecular weight is 347 g/mol. The van der Waals surface area contributed by atoms with Crippen LogP contribution in [-0.2, 0) is 6.54 Å². The fourth-order valence-corrected chi connectivity index (χ4v) is 2.29. The molecule has 0 unspecified atom stereocenters. The van der Waals surface area contributed by atoms with E-state index in [-0.39, 0.29) is 5.75 Å². The van der Waals surface area contributed by atoms with Crippen LogP contribution >= 0.6 is 11.8 Å². The molecule has 0 aliphatic rings. The van der Waals surface area contributed by atoms with E-state index in [0.29, 0.717) is 23.8 Å². The number of hydrogen-bond donors (Lipinski definition) is 2. The number of nitrogens with zero attached hydrogens (tertiary/aromatic N) is 1. The fraction of sp³-hybridized carbons (Fsp3) is 0.533. The predicted octanol–water partition coefficient (Wildman–Crippen LogP) is 2.71. The lowest BCUT2D eigenvalue weighted by molar-refractivity contribution is -0.0504. The molecule has 1 aromatic carbocycles. The molecule has 0 aliphatic heterocycles. The number of alkyl halides is 2. The van der Waals surface area contributed by atoms with Gasteiger partial charge in [0.05, 0.1) is 7.11 Å². The number of ether oxygens (including phenoxy) is 2. The van der Waals surface area contributed by atoms with E-state index >= 15 is 0 Å². The van der Waals surface area contributed by atoms with Crippen LogP contribution in [0.3, 0.4) is 0 Å². The highest BCUT2D eigenvalue weighted by molar-refractivity contribution is 7.98. The third-order valence-corrected chi connectivity index (χ3v) is 3.67. The van der Waals surface area contributed by atoms with Gasteiger partial charge in [0, 0.05) is 25.7 Å². The van der Waals surface area contributed by atoms with Crippen molar-refractivity contribution in [2.75, 3.05) is 32.7 Å². The maximum Gasteiger partial charge on any atom is 0.387 e. The Morgan fingerprint density at radius 2 is 2.13 bits per heavy atom. The van der Waals surface area contributed by atoms with Crippen LogP contribution in [0.25, 0.3) is 0 Å². The highest BCUT2D eigenvalue weighted by Gasteiger charge is 2.11. The Labute approximate surface area is 139 Å². The van der Waals surface area contributed by atoms with Crippen molar-refractivity contribution in [2.45, 2.75) is 19.6 Å². The Kier molecular flexibility index (Phi) is 9.20. The van der Waals surface area contributed by atoms with E-state index in [9.17, 15) is 8.78 Å². The molecule has 23 heavy (non-hydrogen) atoms. The lowest BCUT2D eigenvalue weighted by Crippen LogP contribution is -2.37. The van der Waals surface area contributed by atoms with Gasteiger partial charge >= 0.3 is 6.61 Å². The monoisotopic (exact) mass is 347 g/mol. The fourth-order valence-electron chi connectivity index (χ4n) is 1.85. The Balaban J connectivity index is 2.66. The molecule has 0 aliphatic carbocycles. The maximum atomic E-state index is 12.5. The van der Waals surface area contributed by atoms with E-state index in [0.717, 1.165) is 18.7 Å². The third kappa shape index (κ3) is 7.40. The van der Waals surface area contributed by atoms with Crippen molar-refractivity contribution in [3.63, 3.8) is 0 Å². The van der Waals surface area contributed by atoms with Crippen molar-refractivity contribution in [1.29, 1.82) is 0 Å². The van der Waals surface area contributed by atoms with Gasteiger partial charge in [-0.05, 0) is 36.6 Å². The number of benzene rings is 1. The third-order valence-electron chi connectivity index (χ3n) is 2.97. The van der Waals surface area contributed by atoms with Gasteiger partial charge in [-0.3, -0.25) is 4.99 Å². The first-order valence-corrected chi connectivity index (χ1v) is 8.55. The molecule has 0 spiro atoms. The Hall–Kier alpha value is -1.70. The Morgan fingerprint density at radius 3 is 2.74 bits per heavy atom. The number of thioether (sulfide) groups is 1. The summed E-state index contributed by atoms with van der Waals surface area (Å²) in [4.78, 5) is 4.10. The second-order valence-corrected chi connectivity index (χ2v) is 5.54. The summed E-state index contributed by atoms with van der Waals surface area (Å²) in [7, 11) is 3.18. The number of hydrogen-bond acceptors (Lipinski definition) is 4. The SMILES string of the molecule is CN=C(NCCCSC)NCc1cc(OC)ccc1OC(F)F. The molecule has 0 heterocycles. The van der Waals surface area contributed by atoms with Crippen molar-refractivity contribution in [1.82, 2.24) is 10.6 Å². The zero-order chi connectivity index (χ0) is 17.1. The highest BCUT2D eigenvalue weighted by atomic mass is 32.2. The second kappa shape index (κ2) is 10.9. The van der Waals surface area contributed by atoms with Crippen LogP contribution < -0.4 is 20.1 Å². The molecule has 5 nitrogen and oxygen atoms in total. The molecule has 8 heteroatoms. The van der Waals surface area contributed by atoms with Crippen LogP contribution in [0.4, 0.5) is 8.78 Å². The molecule has 0 saturated carbocycles. The van der Waals surface area contributed by atoms with Crippen LogP contribution in [-0.4, -0.2) is 45.3 Å². The minimum absolute atomic E-state index is 0.117. The Bertz CT molecular complexity index is 502. The van der Waals surface area contributed by atoms with Crippen molar-refractivity contribution in [3.05, 3.63) is 23.8 Å². The minimum atomic E-state index is -2.87. The van der Waals surface area contributed by atoms with Crippen LogP contribution in [0.5, 0.6) is 11.5 Å². The van der Waals surface area contributed by atoms with E-state index in [1.165, 1.54) is 13.2 Å². The van der Waals surface area contributed by atoms with Crippen molar-refractivity contribution < 1.29 is 18.3 Å². The van der Waals surface area contributed by atoms with E-state index < -0.39 is 6.61 Å². The van der Waals surface area contributed by atoms with Crippen molar-refractivity contribution in [3.8, 4) is 11.5 Å². The number of methoxy groups -OCH3 is 1. The van der Waals surface area contributed by atoms with Gasteiger partial charge in [-0.15, -0.1) is 0 Å². The quantitative estimate of drug-likeness (QED) is 0.409. The minimum Gasteiger partial charge on any atom is -0.497 e. The van der Waals surface area contributed by atoms with Gasteiger partial charge in [0.25, 0.3) is 0 Å². The summed E-state index contributed by atoms with van der Waals surface area (Å²) in [5, 5.41) is 6.25. The topological polar surface area (TPSA) is 54.9 Å². The molecule has 1 aromatic rings. The summed E-state index contributed by atoms with van der Waals surface area (Å²) in [6.45, 7) is -1.79. The van der Waals surface area contributed by atoms with Crippen LogP contribution in [0.1, 0.15) is 12.0 Å². The zero-order valence-corrected chi connectivity index (χ0v) is 14.4. The largest absolute Gasteiger partial charge is 0.497 e. The molecule has 0 aromatic heterocycles. The lowest BCUT2D eigenvalue weighted by Gasteiger charge is -2.15. The molecule has 0 bridgehead atoms. The molecule has 0 radical (unpaired) electrons. The molecular formula is C15H23F2N3O2S. The molecule has 0 amide bonds. The smallest absolute Gasteiger partial charge is 0.387 e. The number of nitrogens with one attached hydrogen (secondary N) is 2. The summed E-state index contributed by atoms with van der Waals surface area (Å²) >= 11 is 1.78. The van der Waals surface area contributed by atoms with Gasteiger partial charge in [-0.25, -0.2) is 0 Å². The second-order valence-electron chi connectivity index (χ2n) is 4.55. The average Bonchev–Trinajstić information content (AvgIpc) is 2.54. The molecule has 0 atom stereocenters. The van der Waals surface area contributed by atoms with E-state index in [1.807, 2.05) is 0 Å². The van der Waals surface area contributed by atoms with Crippen LogP contribution in [0, 0.1) is 0 Å². The summed E-state index contributed by atoms with van der Waals surface area (Å²) in [5.41, 5.74) is 0.566. The first kappa shape index (κ1) is 19.3. The van der Waals surface area contributed by atoms with Crippen LogP contribution in [0.2, 0.25) is 0 Å². The molecule has 1 rings (SSSR count). The summed E-state index contributed by atoms with van der Waals surface area (Å²) in [6.07, 6.45) is 3.07. The molecule has 130 valence electrons. The van der Waals surface area contributed by atoms with E-state index in [2.05, 4.69) is 26.6 Å². The molecule has 0 saturated heterocycles. The summed E-state index contributed by atoms with van der Waals surface area (Å²) < 4.78 is 34.6. The standard InChI is InChI=1S/C15H23F2N3O2S/c1-18-15(19-7-4-8-23-3)20-10-11-9-12(21-2)5-6-13(11)22-14(16)17/h5-6,9,14H,4,7-8,10H2,1-3H3,(H2,18,19,20). The lowest BCUT2D eigenvalue weighted by atomic mass is 10.2. The first-order chi connectivity index (χ1) is 11.1. The van der Waals surface area contributed by atoms with Gasteiger partial charge in [0.15, 0.2) is 5.96 Å². The summed E-state index contributed by atoms with van der Waals surface area (Å²) in [5.74, 6) is 2.36. The van der Waals surface area contributed by atoms with Gasteiger partial charge < -0.3 is 20.1 Å².